The highest BCUT2D eigenvalue weighted by Gasteiger charge is 2.59. The maximum Gasteiger partial charge on any atom is 0.133 e. The van der Waals surface area contributed by atoms with Gasteiger partial charge < -0.3 is 0 Å². The number of Topliss-reactive ketones (excluding diaryl/α,β-unsaturated/α-hetero) is 1. The van der Waals surface area contributed by atoms with Gasteiger partial charge in [-0.15, -0.1) is 0 Å². The third-order valence-corrected chi connectivity index (χ3v) is 10.2. The van der Waals surface area contributed by atoms with Crippen molar-refractivity contribution < 1.29 is 4.79 Å². The number of carbonyl (C=O) groups is 1. The zero-order chi connectivity index (χ0) is 20.1. The largest absolute Gasteiger partial charge is 0.300 e. The molecule has 1 heteroatoms. The van der Waals surface area contributed by atoms with Crippen molar-refractivity contribution in [2.75, 3.05) is 0 Å². The summed E-state index contributed by atoms with van der Waals surface area (Å²) in [7, 11) is 0. The molecule has 3 fully saturated rings. The number of ketones is 1. The lowest BCUT2D eigenvalue weighted by Gasteiger charge is -2.58. The van der Waals surface area contributed by atoms with E-state index in [-0.39, 0.29) is 0 Å². The molecular formula is C27H44O. The predicted molar refractivity (Wildman–Crippen MR) is 118 cm³/mol. The Bertz CT molecular complexity index is 618. The highest BCUT2D eigenvalue weighted by atomic mass is 16.1. The molecule has 28 heavy (non-hydrogen) atoms. The predicted octanol–water partition coefficient (Wildman–Crippen LogP) is 7.45. The highest BCUT2D eigenvalue weighted by molar-refractivity contribution is 5.80. The van der Waals surface area contributed by atoms with Crippen molar-refractivity contribution in [2.24, 2.45) is 52.3 Å². The molecule has 4 rings (SSSR count). The molecule has 0 radical (unpaired) electrons. The third-order valence-electron chi connectivity index (χ3n) is 10.2. The normalized spacial score (nSPS) is 46.2. The lowest BCUT2D eigenvalue weighted by atomic mass is 9.46. The fourth-order valence-electron chi connectivity index (χ4n) is 8.44. The van der Waals surface area contributed by atoms with Crippen molar-refractivity contribution in [3.63, 3.8) is 0 Å². The fraction of sp³-hybridized carbons (Fsp3) is 0.889. The van der Waals surface area contributed by atoms with E-state index in [1.807, 2.05) is 0 Å². The minimum absolute atomic E-state index is 0.385. The van der Waals surface area contributed by atoms with Crippen LogP contribution < -0.4 is 0 Å². The molecule has 0 aromatic rings. The van der Waals surface area contributed by atoms with E-state index in [0.29, 0.717) is 22.5 Å². The quantitative estimate of drug-likeness (QED) is 0.450. The zero-order valence-corrected chi connectivity index (χ0v) is 19.2. The van der Waals surface area contributed by atoms with E-state index in [9.17, 15) is 4.79 Å². The average molecular weight is 385 g/mol. The Labute approximate surface area is 174 Å². The van der Waals surface area contributed by atoms with Crippen molar-refractivity contribution in [1.29, 1.82) is 0 Å². The Morgan fingerprint density at radius 3 is 2.46 bits per heavy atom. The number of allylic oxidation sites excluding steroid dienone is 2. The van der Waals surface area contributed by atoms with Gasteiger partial charge in [0.05, 0.1) is 0 Å². The summed E-state index contributed by atoms with van der Waals surface area (Å²) in [6.45, 7) is 12.5. The molecule has 1 unspecified atom stereocenters. The summed E-state index contributed by atoms with van der Waals surface area (Å²) in [5.74, 6) is 6.16. The summed E-state index contributed by atoms with van der Waals surface area (Å²) in [6.07, 6.45) is 17.8. The van der Waals surface area contributed by atoms with Gasteiger partial charge in [0.2, 0.25) is 0 Å². The van der Waals surface area contributed by atoms with Gasteiger partial charge in [-0.2, -0.15) is 0 Å². The molecule has 3 saturated carbocycles. The van der Waals surface area contributed by atoms with Crippen molar-refractivity contribution in [2.45, 2.75) is 98.8 Å². The van der Waals surface area contributed by atoms with Crippen molar-refractivity contribution in [1.82, 2.24) is 0 Å². The van der Waals surface area contributed by atoms with Crippen LogP contribution in [0.5, 0.6) is 0 Å². The van der Waals surface area contributed by atoms with Crippen LogP contribution in [0.25, 0.3) is 0 Å². The Hall–Kier alpha value is -0.590. The van der Waals surface area contributed by atoms with Crippen LogP contribution in [-0.4, -0.2) is 5.78 Å². The molecule has 0 heterocycles. The van der Waals surface area contributed by atoms with Crippen LogP contribution in [0.2, 0.25) is 0 Å². The minimum atomic E-state index is 0.385. The summed E-state index contributed by atoms with van der Waals surface area (Å²) in [5, 5.41) is 0. The van der Waals surface area contributed by atoms with Gasteiger partial charge in [0, 0.05) is 12.8 Å². The van der Waals surface area contributed by atoms with E-state index in [0.717, 1.165) is 54.8 Å². The topological polar surface area (TPSA) is 17.1 Å². The molecule has 0 amide bonds. The van der Waals surface area contributed by atoms with Gasteiger partial charge in [0.1, 0.15) is 5.78 Å². The number of fused-ring (bicyclic) bond motifs is 5. The average Bonchev–Trinajstić information content (AvgIpc) is 2.99. The maximum atomic E-state index is 12.1. The van der Waals surface area contributed by atoms with Gasteiger partial charge in [0.25, 0.3) is 0 Å². The molecule has 158 valence electrons. The van der Waals surface area contributed by atoms with Gasteiger partial charge in [-0.25, -0.2) is 0 Å². The summed E-state index contributed by atoms with van der Waals surface area (Å²) in [6, 6.07) is 0. The summed E-state index contributed by atoms with van der Waals surface area (Å²) in [4.78, 5) is 12.1. The number of rotatable bonds is 5. The first kappa shape index (κ1) is 20.7. The monoisotopic (exact) mass is 384 g/mol. The molecule has 0 N–H and O–H groups in total. The number of hydrogen-bond acceptors (Lipinski definition) is 1. The van der Waals surface area contributed by atoms with Gasteiger partial charge >= 0.3 is 0 Å². The van der Waals surface area contributed by atoms with E-state index in [1.165, 1.54) is 44.9 Å². The van der Waals surface area contributed by atoms with Crippen LogP contribution in [0.1, 0.15) is 98.8 Å². The molecule has 4 aliphatic carbocycles. The van der Waals surface area contributed by atoms with Crippen LogP contribution in [0, 0.1) is 52.3 Å². The SMILES string of the molecule is CC(C)CCC[C@@H](C)[C@H]1CC[C@H]2[C@@H]3C=CC4CC(=O)CC[C@]4(C)[C@H]3CC[C@]12C. The summed E-state index contributed by atoms with van der Waals surface area (Å²) >= 11 is 0. The van der Waals surface area contributed by atoms with E-state index < -0.39 is 0 Å². The van der Waals surface area contributed by atoms with Crippen molar-refractivity contribution >= 4 is 5.78 Å². The molecule has 0 aromatic carbocycles. The lowest BCUT2D eigenvalue weighted by Crippen LogP contribution is -2.52. The molecular weight excluding hydrogens is 340 g/mol. The highest BCUT2D eigenvalue weighted by Crippen LogP contribution is 2.66. The van der Waals surface area contributed by atoms with Gasteiger partial charge in [-0.3, -0.25) is 4.79 Å². The van der Waals surface area contributed by atoms with E-state index >= 15 is 0 Å². The Morgan fingerprint density at radius 1 is 0.964 bits per heavy atom. The first-order chi connectivity index (χ1) is 13.3. The second-order valence-corrected chi connectivity index (χ2v) is 12.1. The van der Waals surface area contributed by atoms with Gasteiger partial charge in [-0.05, 0) is 84.4 Å². The molecule has 0 aromatic heterocycles. The van der Waals surface area contributed by atoms with E-state index in [2.05, 4.69) is 46.8 Å². The molecule has 0 spiro atoms. The fourth-order valence-corrected chi connectivity index (χ4v) is 8.44. The molecule has 0 saturated heterocycles. The Morgan fingerprint density at radius 2 is 1.71 bits per heavy atom. The summed E-state index contributed by atoms with van der Waals surface area (Å²) in [5.41, 5.74) is 0.937. The molecule has 4 aliphatic rings. The zero-order valence-electron chi connectivity index (χ0n) is 19.2. The first-order valence-corrected chi connectivity index (χ1v) is 12.5. The van der Waals surface area contributed by atoms with Crippen molar-refractivity contribution in [3.8, 4) is 0 Å². The van der Waals surface area contributed by atoms with E-state index in [1.54, 1.807) is 0 Å². The third kappa shape index (κ3) is 3.33. The summed E-state index contributed by atoms with van der Waals surface area (Å²) < 4.78 is 0. The molecule has 8 atom stereocenters. The van der Waals surface area contributed by atoms with Crippen LogP contribution in [-0.2, 0) is 4.79 Å². The Balaban J connectivity index is 1.50. The second-order valence-electron chi connectivity index (χ2n) is 12.1. The van der Waals surface area contributed by atoms with E-state index in [4.69, 9.17) is 0 Å². The lowest BCUT2D eigenvalue weighted by molar-refractivity contribution is -0.128. The van der Waals surface area contributed by atoms with Crippen LogP contribution in [0.3, 0.4) is 0 Å². The number of carbonyl (C=O) groups excluding carboxylic acids is 1. The smallest absolute Gasteiger partial charge is 0.133 e. The van der Waals surface area contributed by atoms with Gasteiger partial charge in [0.15, 0.2) is 0 Å². The minimum Gasteiger partial charge on any atom is -0.300 e. The molecule has 1 nitrogen and oxygen atoms in total. The Kier molecular flexibility index (Phi) is 5.60. The molecule has 0 aliphatic heterocycles. The standard InChI is InChI=1S/C27H44O/c1-18(2)7-6-8-19(3)23-11-12-24-22-10-9-20-17-21(28)13-15-26(20,4)25(22)14-16-27(23,24)5/h9-10,18-20,22-25H,6-8,11-17H2,1-5H3/t19-,20?,22+,23-,24+,25+,26+,27-/m1/s1. The van der Waals surface area contributed by atoms with Gasteiger partial charge in [-0.1, -0.05) is 66.0 Å². The number of hydrogen-bond donors (Lipinski definition) is 0. The van der Waals surface area contributed by atoms with Crippen LogP contribution in [0.15, 0.2) is 12.2 Å². The first-order valence-electron chi connectivity index (χ1n) is 12.5. The van der Waals surface area contributed by atoms with Crippen LogP contribution in [0.4, 0.5) is 0 Å². The van der Waals surface area contributed by atoms with Crippen LogP contribution >= 0.6 is 0 Å². The van der Waals surface area contributed by atoms with Crippen molar-refractivity contribution in [3.05, 3.63) is 12.2 Å². The maximum absolute atomic E-state index is 12.1. The molecule has 0 bridgehead atoms. The second kappa shape index (κ2) is 7.59.